The molecule has 5 nitrogen and oxygen atoms in total. The Balaban J connectivity index is 1.52. The molecule has 0 saturated heterocycles. The van der Waals surface area contributed by atoms with Gasteiger partial charge >= 0.3 is 0 Å². The first-order chi connectivity index (χ1) is 13.3. The second-order valence-electron chi connectivity index (χ2n) is 6.75. The number of para-hydroxylation sites is 1. The first-order valence-corrected chi connectivity index (χ1v) is 9.19. The number of ether oxygens (including phenoxy) is 2. The van der Waals surface area contributed by atoms with Crippen LogP contribution in [0.5, 0.6) is 11.5 Å². The van der Waals surface area contributed by atoms with E-state index in [4.69, 9.17) is 13.9 Å². The minimum absolute atomic E-state index is 0.159. The smallest absolute Gasteiger partial charge is 0.223 e. The third kappa shape index (κ3) is 2.95. The molecule has 0 fully saturated rings. The normalized spacial score (nSPS) is 17.3. The van der Waals surface area contributed by atoms with Gasteiger partial charge in [-0.1, -0.05) is 18.2 Å². The summed E-state index contributed by atoms with van der Waals surface area (Å²) in [5.41, 5.74) is 3.64. The summed E-state index contributed by atoms with van der Waals surface area (Å²) in [7, 11) is 0. The number of rotatable bonds is 2. The van der Waals surface area contributed by atoms with E-state index < -0.39 is 0 Å². The quantitative estimate of drug-likeness (QED) is 0.553. The average molecular weight is 361 g/mol. The number of ketones is 1. The van der Waals surface area contributed by atoms with Crippen LogP contribution in [-0.4, -0.2) is 25.5 Å². The Hall–Kier alpha value is -3.21. The molecule has 136 valence electrons. The highest BCUT2D eigenvalue weighted by Gasteiger charge is 2.21. The highest BCUT2D eigenvalue weighted by molar-refractivity contribution is 6.08. The Kier molecular flexibility index (Phi) is 3.85. The van der Waals surface area contributed by atoms with E-state index in [1.54, 1.807) is 12.1 Å². The van der Waals surface area contributed by atoms with Crippen LogP contribution in [0.15, 0.2) is 53.0 Å². The Morgan fingerprint density at radius 2 is 1.85 bits per heavy atom. The molecule has 3 aromatic rings. The zero-order valence-electron chi connectivity index (χ0n) is 14.8. The van der Waals surface area contributed by atoms with Gasteiger partial charge in [-0.3, -0.25) is 4.79 Å². The number of carbonyl (C=O) groups excluding carboxylic acids is 1. The van der Waals surface area contributed by atoms with Gasteiger partial charge in [0.05, 0.1) is 13.2 Å². The van der Waals surface area contributed by atoms with Crippen molar-refractivity contribution >= 4 is 22.4 Å². The number of hydrogen-bond donors (Lipinski definition) is 1. The summed E-state index contributed by atoms with van der Waals surface area (Å²) in [5, 5.41) is 4.26. The molecule has 3 heterocycles. The van der Waals surface area contributed by atoms with Crippen molar-refractivity contribution < 1.29 is 18.7 Å². The van der Waals surface area contributed by atoms with Gasteiger partial charge in [-0.2, -0.15) is 0 Å². The maximum atomic E-state index is 12.8. The standard InChI is InChI=1S/C22H19NO4/c24-18(20-11-15-4-1-2-5-19(15)27-20)13-17-16-12-22-21(25-8-3-9-26-22)10-14(16)6-7-23-17/h1-2,4-5,10-13,23H,3,6-9H2. The van der Waals surface area contributed by atoms with Crippen LogP contribution in [0.2, 0.25) is 0 Å². The van der Waals surface area contributed by atoms with Crippen LogP contribution >= 0.6 is 0 Å². The second kappa shape index (κ2) is 6.50. The zero-order valence-corrected chi connectivity index (χ0v) is 14.8. The average Bonchev–Trinajstić information content (AvgIpc) is 2.99. The van der Waals surface area contributed by atoms with Gasteiger partial charge in [-0.15, -0.1) is 0 Å². The fourth-order valence-corrected chi connectivity index (χ4v) is 3.57. The maximum absolute atomic E-state index is 12.8. The fourth-order valence-electron chi connectivity index (χ4n) is 3.57. The number of fused-ring (bicyclic) bond motifs is 3. The van der Waals surface area contributed by atoms with Crippen molar-refractivity contribution in [1.82, 2.24) is 5.32 Å². The van der Waals surface area contributed by atoms with E-state index in [0.717, 1.165) is 53.1 Å². The summed E-state index contributed by atoms with van der Waals surface area (Å²) >= 11 is 0. The Labute approximate surface area is 156 Å². The lowest BCUT2D eigenvalue weighted by Crippen LogP contribution is -2.23. The first kappa shape index (κ1) is 16.0. The zero-order chi connectivity index (χ0) is 18.2. The van der Waals surface area contributed by atoms with Crippen LogP contribution in [-0.2, 0) is 6.42 Å². The highest BCUT2D eigenvalue weighted by Crippen LogP contribution is 2.36. The second-order valence-corrected chi connectivity index (χ2v) is 6.75. The molecule has 0 amide bonds. The van der Waals surface area contributed by atoms with Crippen molar-refractivity contribution in [1.29, 1.82) is 0 Å². The van der Waals surface area contributed by atoms with Crippen molar-refractivity contribution in [3.05, 3.63) is 65.4 Å². The lowest BCUT2D eigenvalue weighted by Gasteiger charge is -2.22. The minimum Gasteiger partial charge on any atom is -0.490 e. The molecule has 0 atom stereocenters. The van der Waals surface area contributed by atoms with E-state index in [-0.39, 0.29) is 5.78 Å². The molecule has 0 saturated carbocycles. The number of carbonyl (C=O) groups is 1. The summed E-state index contributed by atoms with van der Waals surface area (Å²) in [6, 6.07) is 13.4. The molecule has 5 rings (SSSR count). The van der Waals surface area contributed by atoms with Crippen LogP contribution in [0.25, 0.3) is 16.7 Å². The van der Waals surface area contributed by atoms with E-state index in [1.807, 2.05) is 36.4 Å². The van der Waals surface area contributed by atoms with E-state index in [9.17, 15) is 4.79 Å². The van der Waals surface area contributed by atoms with Crippen molar-refractivity contribution in [2.45, 2.75) is 12.8 Å². The highest BCUT2D eigenvalue weighted by atomic mass is 16.5. The van der Waals surface area contributed by atoms with Crippen molar-refractivity contribution in [2.24, 2.45) is 0 Å². The van der Waals surface area contributed by atoms with Crippen LogP contribution in [0.1, 0.15) is 28.1 Å². The van der Waals surface area contributed by atoms with E-state index in [0.29, 0.717) is 24.6 Å². The predicted octanol–water partition coefficient (Wildman–Crippen LogP) is 3.96. The number of benzene rings is 2. The van der Waals surface area contributed by atoms with Crippen molar-refractivity contribution in [2.75, 3.05) is 19.8 Å². The third-order valence-corrected chi connectivity index (χ3v) is 4.92. The largest absolute Gasteiger partial charge is 0.490 e. The molecule has 1 aromatic heterocycles. The SMILES string of the molecule is O=C(C=C1NCCc2cc3c(cc21)OCCCO3)c1cc2ccccc2o1. The number of hydrogen-bond acceptors (Lipinski definition) is 5. The summed E-state index contributed by atoms with van der Waals surface area (Å²) in [5.74, 6) is 1.70. The Morgan fingerprint density at radius 1 is 1.04 bits per heavy atom. The molecule has 0 aliphatic carbocycles. The summed E-state index contributed by atoms with van der Waals surface area (Å²) < 4.78 is 17.3. The molecule has 1 N–H and O–H groups in total. The summed E-state index contributed by atoms with van der Waals surface area (Å²) in [6.07, 6.45) is 3.35. The topological polar surface area (TPSA) is 60.7 Å². The van der Waals surface area contributed by atoms with Gasteiger partial charge in [0.15, 0.2) is 17.3 Å². The van der Waals surface area contributed by atoms with Crippen molar-refractivity contribution in [3.63, 3.8) is 0 Å². The van der Waals surface area contributed by atoms with Crippen molar-refractivity contribution in [3.8, 4) is 11.5 Å². The van der Waals surface area contributed by atoms with Gasteiger partial charge in [0.1, 0.15) is 5.58 Å². The van der Waals surface area contributed by atoms with Crippen LogP contribution < -0.4 is 14.8 Å². The molecule has 27 heavy (non-hydrogen) atoms. The summed E-state index contributed by atoms with van der Waals surface area (Å²) in [4.78, 5) is 12.8. The third-order valence-electron chi connectivity index (χ3n) is 4.92. The van der Waals surface area contributed by atoms with E-state index in [2.05, 4.69) is 5.32 Å². The van der Waals surface area contributed by atoms with Gasteiger partial charge in [0.2, 0.25) is 5.78 Å². The molecule has 0 radical (unpaired) electrons. The molecule has 0 bridgehead atoms. The number of nitrogens with one attached hydrogen (secondary N) is 1. The minimum atomic E-state index is -0.159. The first-order valence-electron chi connectivity index (χ1n) is 9.19. The molecule has 0 spiro atoms. The Morgan fingerprint density at radius 3 is 2.70 bits per heavy atom. The number of furan rings is 1. The molecule has 0 unspecified atom stereocenters. The fraction of sp³-hybridized carbons (Fsp3) is 0.227. The predicted molar refractivity (Wildman–Crippen MR) is 102 cm³/mol. The Bertz CT molecular complexity index is 1030. The van der Waals surface area contributed by atoms with Gasteiger partial charge in [-0.05, 0) is 36.2 Å². The van der Waals surface area contributed by atoms with E-state index in [1.165, 1.54) is 0 Å². The van der Waals surface area contributed by atoms with Crippen LogP contribution in [0.4, 0.5) is 0 Å². The van der Waals surface area contributed by atoms with Crippen LogP contribution in [0, 0.1) is 0 Å². The monoisotopic (exact) mass is 361 g/mol. The molecule has 2 aromatic carbocycles. The maximum Gasteiger partial charge on any atom is 0.223 e. The van der Waals surface area contributed by atoms with Gasteiger partial charge < -0.3 is 19.2 Å². The molecular formula is C22H19NO4. The van der Waals surface area contributed by atoms with Gasteiger partial charge in [0, 0.05) is 35.7 Å². The number of allylic oxidation sites excluding steroid dienone is 1. The van der Waals surface area contributed by atoms with Gasteiger partial charge in [-0.25, -0.2) is 0 Å². The molecular weight excluding hydrogens is 342 g/mol. The lowest BCUT2D eigenvalue weighted by molar-refractivity contribution is 0.102. The molecule has 2 aliphatic heterocycles. The molecule has 5 heteroatoms. The van der Waals surface area contributed by atoms with E-state index >= 15 is 0 Å². The lowest BCUT2D eigenvalue weighted by atomic mass is 9.96. The summed E-state index contributed by atoms with van der Waals surface area (Å²) in [6.45, 7) is 2.07. The van der Waals surface area contributed by atoms with Gasteiger partial charge in [0.25, 0.3) is 0 Å². The molecule has 2 aliphatic rings. The van der Waals surface area contributed by atoms with Crippen LogP contribution in [0.3, 0.4) is 0 Å².